The van der Waals surface area contributed by atoms with E-state index in [4.69, 9.17) is 16.3 Å². The van der Waals surface area contributed by atoms with Crippen LogP contribution in [-0.2, 0) is 5.54 Å². The number of urea groups is 1. The van der Waals surface area contributed by atoms with Gasteiger partial charge in [-0.25, -0.2) is 14.2 Å². The first-order chi connectivity index (χ1) is 15.7. The highest BCUT2D eigenvalue weighted by atomic mass is 35.5. The summed E-state index contributed by atoms with van der Waals surface area (Å²) in [6, 6.07) is 8.52. The second-order valence-corrected chi connectivity index (χ2v) is 7.38. The minimum Gasteiger partial charge on any atom is -0.491 e. The largest absolute Gasteiger partial charge is 0.573 e. The van der Waals surface area contributed by atoms with Crippen LogP contribution in [0.3, 0.4) is 0 Å². The average molecular weight is 483 g/mol. The third-order valence-corrected chi connectivity index (χ3v) is 5.10. The Morgan fingerprint density at radius 3 is 2.70 bits per heavy atom. The minimum absolute atomic E-state index is 0.127. The number of fused-ring (bicyclic) bond motifs is 1. The highest BCUT2D eigenvalue weighted by molar-refractivity contribution is 6.29. The van der Waals surface area contributed by atoms with Gasteiger partial charge in [0.25, 0.3) is 0 Å². The van der Waals surface area contributed by atoms with Crippen LogP contribution in [0, 0.1) is 5.82 Å². The molecule has 2 amide bonds. The Labute approximate surface area is 189 Å². The van der Waals surface area contributed by atoms with Crippen LogP contribution in [-0.4, -0.2) is 29.0 Å². The normalized spacial score (nSPS) is 17.5. The van der Waals surface area contributed by atoms with Gasteiger partial charge in [-0.3, -0.25) is 4.98 Å². The highest BCUT2D eigenvalue weighted by Gasteiger charge is 2.43. The molecule has 0 fully saturated rings. The molecule has 0 unspecified atom stereocenters. The number of carbonyl (C=O) groups is 1. The van der Waals surface area contributed by atoms with Gasteiger partial charge in [0.2, 0.25) is 0 Å². The van der Waals surface area contributed by atoms with Crippen molar-refractivity contribution >= 4 is 23.3 Å². The quantitative estimate of drug-likeness (QED) is 0.403. The zero-order chi connectivity index (χ0) is 23.6. The third-order valence-electron chi connectivity index (χ3n) is 4.87. The van der Waals surface area contributed by atoms with Crippen molar-refractivity contribution in [2.45, 2.75) is 18.3 Å². The van der Waals surface area contributed by atoms with E-state index in [1.807, 2.05) is 0 Å². The van der Waals surface area contributed by atoms with Gasteiger partial charge < -0.3 is 20.1 Å². The number of hydrogen-bond donors (Lipinski definition) is 2. The molecule has 0 bridgehead atoms. The lowest BCUT2D eigenvalue weighted by atomic mass is 9.81. The van der Waals surface area contributed by atoms with Gasteiger partial charge in [-0.2, -0.15) is 0 Å². The number of amides is 2. The molecule has 2 N–H and O–H groups in total. The van der Waals surface area contributed by atoms with Gasteiger partial charge in [-0.15, -0.1) is 13.2 Å². The summed E-state index contributed by atoms with van der Waals surface area (Å²) < 4.78 is 61.6. The summed E-state index contributed by atoms with van der Waals surface area (Å²) >= 11 is 5.75. The number of alkyl halides is 3. The fourth-order valence-electron chi connectivity index (χ4n) is 3.51. The summed E-state index contributed by atoms with van der Waals surface area (Å²) in [7, 11) is 0. The number of halogens is 5. The van der Waals surface area contributed by atoms with Gasteiger partial charge in [-0.05, 0) is 42.0 Å². The molecule has 1 aromatic carbocycles. The molecule has 2 aromatic heterocycles. The van der Waals surface area contributed by atoms with Gasteiger partial charge in [0.05, 0.1) is 18.5 Å². The van der Waals surface area contributed by atoms with Crippen LogP contribution >= 0.6 is 11.6 Å². The van der Waals surface area contributed by atoms with Gasteiger partial charge >= 0.3 is 12.4 Å². The molecular weight excluding hydrogens is 468 g/mol. The van der Waals surface area contributed by atoms with Gasteiger partial charge in [-0.1, -0.05) is 17.7 Å². The number of benzene rings is 1. The van der Waals surface area contributed by atoms with Crippen LogP contribution in [0.4, 0.5) is 28.0 Å². The summed E-state index contributed by atoms with van der Waals surface area (Å²) in [5.41, 5.74) is -0.650. The second kappa shape index (κ2) is 8.74. The maximum atomic E-state index is 14.6. The van der Waals surface area contributed by atoms with Crippen LogP contribution in [0.2, 0.25) is 5.15 Å². The summed E-state index contributed by atoms with van der Waals surface area (Å²) in [4.78, 5) is 21.1. The van der Waals surface area contributed by atoms with Gasteiger partial charge in [0, 0.05) is 12.6 Å². The predicted octanol–water partition coefficient (Wildman–Crippen LogP) is 5.02. The van der Waals surface area contributed by atoms with E-state index in [-0.39, 0.29) is 29.4 Å². The summed E-state index contributed by atoms with van der Waals surface area (Å²) in [5.74, 6) is -1.91. The van der Waals surface area contributed by atoms with Crippen molar-refractivity contribution in [3.8, 4) is 11.5 Å². The Morgan fingerprint density at radius 2 is 2.00 bits per heavy atom. The standard InChI is InChI=1S/C21H15ClF4N4O3/c22-17-6-4-13(11-28-17)29-19(31)30-20(7-9-32-16-2-1-8-27-18(16)20)12-3-5-15(14(23)10-12)33-21(24,25)26/h1-6,8,10-11H,7,9H2,(H2,29,30,31)/t20-/m0/s1. The molecule has 0 spiro atoms. The van der Waals surface area contributed by atoms with Crippen LogP contribution in [0.15, 0.2) is 54.9 Å². The SMILES string of the molecule is O=C(Nc1ccc(Cl)nc1)N[C@]1(c2ccc(OC(F)(F)F)c(F)c2)CCOc2cccnc21. The molecule has 33 heavy (non-hydrogen) atoms. The molecule has 0 saturated carbocycles. The van der Waals surface area contributed by atoms with E-state index in [9.17, 15) is 22.4 Å². The molecule has 4 rings (SSSR count). The lowest BCUT2D eigenvalue weighted by Crippen LogP contribution is -2.51. The number of rotatable bonds is 4. The number of carbonyl (C=O) groups excluding carboxylic acids is 1. The molecule has 1 aliphatic heterocycles. The smallest absolute Gasteiger partial charge is 0.491 e. The van der Waals surface area contributed by atoms with E-state index in [1.165, 1.54) is 30.6 Å². The summed E-state index contributed by atoms with van der Waals surface area (Å²) in [6.45, 7) is 0.129. The Bertz CT molecular complexity index is 1180. The van der Waals surface area contributed by atoms with Crippen LogP contribution in [0.25, 0.3) is 0 Å². The molecule has 0 aliphatic carbocycles. The number of nitrogens with zero attached hydrogens (tertiary/aromatic N) is 2. The molecule has 7 nitrogen and oxygen atoms in total. The van der Waals surface area contributed by atoms with E-state index in [2.05, 4.69) is 25.3 Å². The van der Waals surface area contributed by atoms with Crippen molar-refractivity contribution < 1.29 is 31.8 Å². The maximum Gasteiger partial charge on any atom is 0.573 e. The van der Waals surface area contributed by atoms with Crippen molar-refractivity contribution in [2.24, 2.45) is 0 Å². The van der Waals surface area contributed by atoms with E-state index in [0.717, 1.165) is 12.1 Å². The van der Waals surface area contributed by atoms with E-state index in [1.54, 1.807) is 12.1 Å². The van der Waals surface area contributed by atoms with Crippen LogP contribution in [0.1, 0.15) is 17.7 Å². The summed E-state index contributed by atoms with van der Waals surface area (Å²) in [5, 5.41) is 5.60. The Hall–Kier alpha value is -3.60. The first-order valence-corrected chi connectivity index (χ1v) is 9.89. The molecule has 3 aromatic rings. The average Bonchev–Trinajstić information content (AvgIpc) is 2.76. The monoisotopic (exact) mass is 482 g/mol. The fraction of sp³-hybridized carbons (Fsp3) is 0.190. The Morgan fingerprint density at radius 1 is 1.18 bits per heavy atom. The van der Waals surface area contributed by atoms with E-state index < -0.39 is 29.5 Å². The molecule has 0 saturated heterocycles. The topological polar surface area (TPSA) is 85.4 Å². The molecule has 172 valence electrons. The van der Waals surface area contributed by atoms with Crippen molar-refractivity contribution in [1.29, 1.82) is 0 Å². The van der Waals surface area contributed by atoms with Crippen molar-refractivity contribution in [2.75, 3.05) is 11.9 Å². The first-order valence-electron chi connectivity index (χ1n) is 9.51. The maximum absolute atomic E-state index is 14.6. The number of aromatic nitrogens is 2. The number of hydrogen-bond acceptors (Lipinski definition) is 5. The predicted molar refractivity (Wildman–Crippen MR) is 110 cm³/mol. The van der Waals surface area contributed by atoms with Crippen molar-refractivity contribution in [3.63, 3.8) is 0 Å². The Balaban J connectivity index is 1.73. The second-order valence-electron chi connectivity index (χ2n) is 7.00. The van der Waals surface area contributed by atoms with E-state index >= 15 is 0 Å². The van der Waals surface area contributed by atoms with Gasteiger partial charge in [0.15, 0.2) is 11.6 Å². The zero-order valence-electron chi connectivity index (χ0n) is 16.6. The molecule has 3 heterocycles. The summed E-state index contributed by atoms with van der Waals surface area (Å²) in [6.07, 6.45) is -2.13. The number of nitrogens with one attached hydrogen (secondary N) is 2. The molecule has 1 atom stereocenters. The molecule has 0 radical (unpaired) electrons. The first kappa shape index (κ1) is 22.6. The number of anilines is 1. The van der Waals surface area contributed by atoms with E-state index in [0.29, 0.717) is 11.4 Å². The van der Waals surface area contributed by atoms with Gasteiger partial charge in [0.1, 0.15) is 22.1 Å². The molecule has 1 aliphatic rings. The Kier molecular flexibility index (Phi) is 5.98. The molecule has 12 heteroatoms. The highest BCUT2D eigenvalue weighted by Crippen LogP contribution is 2.41. The fourth-order valence-corrected chi connectivity index (χ4v) is 3.63. The molecular formula is C21H15ClF4N4O3. The van der Waals surface area contributed by atoms with Crippen molar-refractivity contribution in [3.05, 3.63) is 77.1 Å². The van der Waals surface area contributed by atoms with Crippen LogP contribution < -0.4 is 20.1 Å². The zero-order valence-corrected chi connectivity index (χ0v) is 17.4. The van der Waals surface area contributed by atoms with Crippen LogP contribution in [0.5, 0.6) is 11.5 Å². The minimum atomic E-state index is -5.06. The lowest BCUT2D eigenvalue weighted by Gasteiger charge is -2.39. The third kappa shape index (κ3) is 4.92. The lowest BCUT2D eigenvalue weighted by molar-refractivity contribution is -0.275. The number of pyridine rings is 2. The van der Waals surface area contributed by atoms with Crippen molar-refractivity contribution in [1.82, 2.24) is 15.3 Å². The number of ether oxygens (including phenoxy) is 2.